The number of amides is 2. The summed E-state index contributed by atoms with van der Waals surface area (Å²) in [5.74, 6) is 0.0606. The van der Waals surface area contributed by atoms with Crippen LogP contribution in [0.2, 0.25) is 5.02 Å². The molecule has 1 aromatic heterocycles. The second-order valence-electron chi connectivity index (χ2n) is 5.72. The van der Waals surface area contributed by atoms with Crippen LogP contribution in [0, 0.1) is 6.92 Å². The lowest BCUT2D eigenvalue weighted by Crippen LogP contribution is -2.33. The lowest BCUT2D eigenvalue weighted by molar-refractivity contribution is -0.137. The first-order chi connectivity index (χ1) is 12.6. The van der Waals surface area contributed by atoms with Crippen LogP contribution in [0.4, 0.5) is 18.9 Å². The molecule has 0 atom stereocenters. The number of carbonyl (C=O) groups is 2. The molecule has 5 nitrogen and oxygen atoms in total. The molecule has 0 aliphatic heterocycles. The number of nitrogens with one attached hydrogen (secondary N) is 1. The number of halogens is 4. The standard InChI is InChI=1S/C18H16ClF3N2O3/c1-11-3-5-13(27-11)6-8-17(26)24(2)10-16(25)23-12-4-7-15(19)14(9-12)18(20,21)22/h3-9H,10H2,1-2H3,(H,23,25)/b8-6+. The number of anilines is 1. The van der Waals surface area contributed by atoms with Gasteiger partial charge in [0.1, 0.15) is 11.5 Å². The predicted molar refractivity (Wildman–Crippen MR) is 95.2 cm³/mol. The first kappa shape index (κ1) is 20.6. The van der Waals surface area contributed by atoms with E-state index in [-0.39, 0.29) is 12.2 Å². The van der Waals surface area contributed by atoms with Crippen LogP contribution < -0.4 is 5.32 Å². The number of hydrogen-bond acceptors (Lipinski definition) is 3. The molecule has 1 aromatic carbocycles. The summed E-state index contributed by atoms with van der Waals surface area (Å²) in [6.07, 6.45) is -1.95. The molecule has 2 amide bonds. The van der Waals surface area contributed by atoms with Crippen molar-refractivity contribution in [2.75, 3.05) is 18.9 Å². The second-order valence-corrected chi connectivity index (χ2v) is 6.12. The Kier molecular flexibility index (Phi) is 6.32. The van der Waals surface area contributed by atoms with Gasteiger partial charge in [0.05, 0.1) is 17.1 Å². The summed E-state index contributed by atoms with van der Waals surface area (Å²) in [5.41, 5.74) is -1.12. The number of alkyl halides is 3. The highest BCUT2D eigenvalue weighted by molar-refractivity contribution is 6.31. The second kappa shape index (κ2) is 8.30. The van der Waals surface area contributed by atoms with Gasteiger partial charge in [0.25, 0.3) is 0 Å². The topological polar surface area (TPSA) is 62.6 Å². The van der Waals surface area contributed by atoms with Gasteiger partial charge < -0.3 is 14.6 Å². The van der Waals surface area contributed by atoms with Crippen molar-refractivity contribution in [3.8, 4) is 0 Å². The minimum atomic E-state index is -4.64. The van der Waals surface area contributed by atoms with Gasteiger partial charge >= 0.3 is 6.18 Å². The minimum absolute atomic E-state index is 0.0702. The summed E-state index contributed by atoms with van der Waals surface area (Å²) in [5, 5.41) is 1.84. The van der Waals surface area contributed by atoms with Gasteiger partial charge in [-0.1, -0.05) is 11.6 Å². The average Bonchev–Trinajstić information content (AvgIpc) is 2.98. The van der Waals surface area contributed by atoms with Crippen LogP contribution in [0.5, 0.6) is 0 Å². The maximum absolute atomic E-state index is 12.8. The largest absolute Gasteiger partial charge is 0.462 e. The molecule has 0 aliphatic carbocycles. The van der Waals surface area contributed by atoms with Crippen molar-refractivity contribution in [1.29, 1.82) is 0 Å². The Balaban J connectivity index is 1.96. The molecule has 0 unspecified atom stereocenters. The van der Waals surface area contributed by atoms with Crippen LogP contribution in [0.3, 0.4) is 0 Å². The molecule has 0 radical (unpaired) electrons. The maximum atomic E-state index is 12.8. The molecule has 1 N–H and O–H groups in total. The Hall–Kier alpha value is -2.74. The van der Waals surface area contributed by atoms with Crippen LogP contribution in [0.25, 0.3) is 6.08 Å². The van der Waals surface area contributed by atoms with Crippen molar-refractivity contribution in [3.05, 3.63) is 58.5 Å². The Morgan fingerprint density at radius 2 is 1.96 bits per heavy atom. The molecule has 9 heteroatoms. The summed E-state index contributed by atoms with van der Waals surface area (Å²) >= 11 is 5.53. The fourth-order valence-electron chi connectivity index (χ4n) is 2.14. The van der Waals surface area contributed by atoms with E-state index in [1.165, 1.54) is 25.3 Å². The van der Waals surface area contributed by atoms with Gasteiger partial charge in [0.15, 0.2) is 0 Å². The third-order valence-corrected chi connectivity index (χ3v) is 3.79. The third kappa shape index (κ3) is 5.89. The lowest BCUT2D eigenvalue weighted by Gasteiger charge is -2.16. The van der Waals surface area contributed by atoms with Crippen molar-refractivity contribution >= 4 is 35.2 Å². The average molecular weight is 401 g/mol. The number of aryl methyl sites for hydroxylation is 1. The Morgan fingerprint density at radius 3 is 2.56 bits per heavy atom. The number of carbonyl (C=O) groups excluding carboxylic acids is 2. The van der Waals surface area contributed by atoms with Crippen LogP contribution >= 0.6 is 11.6 Å². The quantitative estimate of drug-likeness (QED) is 0.758. The van der Waals surface area contributed by atoms with E-state index in [0.717, 1.165) is 17.0 Å². The first-order valence-electron chi connectivity index (χ1n) is 7.72. The van der Waals surface area contributed by atoms with E-state index in [9.17, 15) is 22.8 Å². The van der Waals surface area contributed by atoms with Crippen molar-refractivity contribution in [1.82, 2.24) is 4.90 Å². The number of hydrogen-bond donors (Lipinski definition) is 1. The summed E-state index contributed by atoms with van der Waals surface area (Å²) < 4.78 is 43.8. The van der Waals surface area contributed by atoms with Gasteiger partial charge in [-0.25, -0.2) is 0 Å². The highest BCUT2D eigenvalue weighted by Gasteiger charge is 2.33. The number of benzene rings is 1. The fraction of sp³-hybridized carbons (Fsp3) is 0.222. The van der Waals surface area contributed by atoms with Gasteiger partial charge in [-0.05, 0) is 43.3 Å². The van der Waals surface area contributed by atoms with Crippen LogP contribution in [-0.2, 0) is 15.8 Å². The van der Waals surface area contributed by atoms with Gasteiger partial charge in [0, 0.05) is 18.8 Å². The molecule has 0 spiro atoms. The number of rotatable bonds is 5. The molecular formula is C18H16ClF3N2O3. The number of furan rings is 1. The monoisotopic (exact) mass is 400 g/mol. The highest BCUT2D eigenvalue weighted by atomic mass is 35.5. The van der Waals surface area contributed by atoms with Crippen LogP contribution in [-0.4, -0.2) is 30.3 Å². The summed E-state index contributed by atoms with van der Waals surface area (Å²) in [6.45, 7) is 1.42. The fourth-order valence-corrected chi connectivity index (χ4v) is 2.36. The molecule has 0 aliphatic rings. The van der Waals surface area contributed by atoms with E-state index < -0.39 is 28.6 Å². The molecule has 0 saturated heterocycles. The molecule has 1 heterocycles. The molecule has 2 rings (SSSR count). The Morgan fingerprint density at radius 1 is 1.26 bits per heavy atom. The van der Waals surface area contributed by atoms with E-state index >= 15 is 0 Å². The Labute approximate surface area is 158 Å². The van der Waals surface area contributed by atoms with Gasteiger partial charge in [-0.3, -0.25) is 9.59 Å². The number of likely N-dealkylation sites (N-methyl/N-ethyl adjacent to an activating group) is 1. The third-order valence-electron chi connectivity index (χ3n) is 3.46. The number of nitrogens with zero attached hydrogens (tertiary/aromatic N) is 1. The van der Waals surface area contributed by atoms with Crippen molar-refractivity contribution < 1.29 is 27.2 Å². The van der Waals surface area contributed by atoms with E-state index in [4.69, 9.17) is 16.0 Å². The zero-order valence-electron chi connectivity index (χ0n) is 14.4. The first-order valence-corrected chi connectivity index (χ1v) is 8.10. The summed E-state index contributed by atoms with van der Waals surface area (Å²) in [4.78, 5) is 25.1. The maximum Gasteiger partial charge on any atom is 0.417 e. The molecule has 144 valence electrons. The predicted octanol–water partition coefficient (Wildman–Crippen LogP) is 4.37. The molecule has 0 saturated carbocycles. The lowest BCUT2D eigenvalue weighted by atomic mass is 10.2. The minimum Gasteiger partial charge on any atom is -0.462 e. The van der Waals surface area contributed by atoms with E-state index in [1.54, 1.807) is 19.1 Å². The van der Waals surface area contributed by atoms with Crippen molar-refractivity contribution in [2.45, 2.75) is 13.1 Å². The highest BCUT2D eigenvalue weighted by Crippen LogP contribution is 2.36. The molecule has 27 heavy (non-hydrogen) atoms. The molecule has 0 bridgehead atoms. The van der Waals surface area contributed by atoms with Gasteiger partial charge in [-0.2, -0.15) is 13.2 Å². The van der Waals surface area contributed by atoms with E-state index in [1.807, 2.05) is 0 Å². The molecular weight excluding hydrogens is 385 g/mol. The smallest absolute Gasteiger partial charge is 0.417 e. The zero-order valence-corrected chi connectivity index (χ0v) is 15.2. The van der Waals surface area contributed by atoms with Crippen molar-refractivity contribution in [3.63, 3.8) is 0 Å². The van der Waals surface area contributed by atoms with Crippen LogP contribution in [0.1, 0.15) is 17.1 Å². The summed E-state index contributed by atoms with van der Waals surface area (Å²) in [6, 6.07) is 6.45. The van der Waals surface area contributed by atoms with E-state index in [2.05, 4.69) is 5.32 Å². The molecule has 2 aromatic rings. The normalized spacial score (nSPS) is 11.6. The zero-order chi connectivity index (χ0) is 20.2. The van der Waals surface area contributed by atoms with Crippen LogP contribution in [0.15, 0.2) is 40.8 Å². The summed E-state index contributed by atoms with van der Waals surface area (Å²) in [7, 11) is 1.39. The van der Waals surface area contributed by atoms with Crippen molar-refractivity contribution in [2.24, 2.45) is 0 Å². The van der Waals surface area contributed by atoms with Gasteiger partial charge in [-0.15, -0.1) is 0 Å². The van der Waals surface area contributed by atoms with E-state index in [0.29, 0.717) is 11.5 Å². The SMILES string of the molecule is Cc1ccc(/C=C/C(=O)N(C)CC(=O)Nc2ccc(Cl)c(C(F)(F)F)c2)o1. The van der Waals surface area contributed by atoms with Gasteiger partial charge in [0.2, 0.25) is 11.8 Å². The Bertz CT molecular complexity index is 875. The molecule has 0 fully saturated rings.